The zero-order valence-electron chi connectivity index (χ0n) is 11.6. The van der Waals surface area contributed by atoms with E-state index < -0.39 is 36.3 Å². The van der Waals surface area contributed by atoms with Gasteiger partial charge in [-0.1, -0.05) is 36.4 Å². The van der Waals surface area contributed by atoms with E-state index in [-0.39, 0.29) is 5.56 Å². The third-order valence-electron chi connectivity index (χ3n) is 3.89. The van der Waals surface area contributed by atoms with E-state index in [1.165, 1.54) is 24.3 Å². The first kappa shape index (κ1) is 16.1. The Morgan fingerprint density at radius 3 is 2.33 bits per heavy atom. The Hall–Kier alpha value is -1.28. The van der Waals surface area contributed by atoms with E-state index in [4.69, 9.17) is 4.74 Å². The van der Waals surface area contributed by atoms with E-state index >= 15 is 0 Å². The Bertz CT molecular complexity index is 504. The molecule has 5 N–H and O–H groups in total. The second-order valence-corrected chi connectivity index (χ2v) is 5.11. The molecular weight excluding hydrogens is 276 g/mol. The smallest absolute Gasteiger partial charge is 0.191 e. The van der Waals surface area contributed by atoms with Crippen molar-refractivity contribution >= 4 is 0 Å². The summed E-state index contributed by atoms with van der Waals surface area (Å²) in [5, 5.41) is 51.5. The van der Waals surface area contributed by atoms with Crippen LogP contribution in [0.4, 0.5) is 0 Å². The van der Waals surface area contributed by atoms with Crippen molar-refractivity contribution < 1.29 is 30.3 Å². The van der Waals surface area contributed by atoms with Gasteiger partial charge in [-0.2, -0.15) is 0 Å². The van der Waals surface area contributed by atoms with Crippen LogP contribution < -0.4 is 0 Å². The molecule has 5 atom stereocenters. The molecule has 0 aromatic heterocycles. The van der Waals surface area contributed by atoms with Crippen LogP contribution in [0.1, 0.15) is 12.5 Å². The van der Waals surface area contributed by atoms with Gasteiger partial charge in [-0.3, -0.25) is 0 Å². The third-order valence-corrected chi connectivity index (χ3v) is 3.89. The topological polar surface area (TPSA) is 110 Å². The molecule has 0 aliphatic carbocycles. The molecule has 1 aromatic carbocycles. The molecule has 1 saturated heterocycles. The minimum absolute atomic E-state index is 0.207. The molecule has 2 rings (SSSR count). The van der Waals surface area contributed by atoms with Crippen LogP contribution >= 0.6 is 0 Å². The third kappa shape index (κ3) is 2.30. The van der Waals surface area contributed by atoms with Crippen molar-refractivity contribution in [2.24, 2.45) is 0 Å². The molecule has 0 saturated carbocycles. The van der Waals surface area contributed by atoms with E-state index in [0.717, 1.165) is 0 Å². The molecule has 1 aliphatic heterocycles. The summed E-state index contributed by atoms with van der Waals surface area (Å²) in [4.78, 5) is 0. The minimum atomic E-state index is -2.26. The second-order valence-electron chi connectivity index (χ2n) is 5.11. The maximum Gasteiger partial charge on any atom is 0.191 e. The van der Waals surface area contributed by atoms with E-state index in [0.29, 0.717) is 0 Å². The van der Waals surface area contributed by atoms with Crippen LogP contribution in [0.15, 0.2) is 42.5 Å². The summed E-state index contributed by atoms with van der Waals surface area (Å²) in [7, 11) is 0. The number of aliphatic hydroxyl groups excluding tert-OH is 3. The Balaban J connectivity index is 2.63. The van der Waals surface area contributed by atoms with Gasteiger partial charge in [0, 0.05) is 0 Å². The zero-order chi connectivity index (χ0) is 15.7. The van der Waals surface area contributed by atoms with Gasteiger partial charge in [-0.25, -0.2) is 0 Å². The van der Waals surface area contributed by atoms with Gasteiger partial charge in [0.2, 0.25) is 0 Å². The highest BCUT2D eigenvalue weighted by Gasteiger charge is 2.64. The molecule has 1 aromatic rings. The summed E-state index contributed by atoms with van der Waals surface area (Å²) in [5.41, 5.74) is -4.28. The molecule has 0 bridgehead atoms. The predicted molar refractivity (Wildman–Crippen MR) is 74.1 cm³/mol. The van der Waals surface area contributed by atoms with E-state index in [1.54, 1.807) is 25.1 Å². The highest BCUT2D eigenvalue weighted by molar-refractivity contribution is 5.33. The van der Waals surface area contributed by atoms with Crippen LogP contribution in [0.25, 0.3) is 0 Å². The quantitative estimate of drug-likeness (QED) is 0.470. The van der Waals surface area contributed by atoms with E-state index in [9.17, 15) is 25.5 Å². The van der Waals surface area contributed by atoms with E-state index in [2.05, 4.69) is 0 Å². The molecule has 116 valence electrons. The number of ether oxygens (including phenoxy) is 1. The monoisotopic (exact) mass is 296 g/mol. The number of hydrogen-bond acceptors (Lipinski definition) is 6. The molecule has 0 unspecified atom stereocenters. The summed E-state index contributed by atoms with van der Waals surface area (Å²) < 4.78 is 5.03. The van der Waals surface area contributed by atoms with Crippen LogP contribution in [0, 0.1) is 0 Å². The van der Waals surface area contributed by atoms with Gasteiger partial charge >= 0.3 is 0 Å². The zero-order valence-corrected chi connectivity index (χ0v) is 11.6. The highest BCUT2D eigenvalue weighted by Crippen LogP contribution is 2.45. The van der Waals surface area contributed by atoms with Gasteiger partial charge < -0.3 is 30.3 Å². The number of benzene rings is 1. The van der Waals surface area contributed by atoms with Crippen molar-refractivity contribution in [1.82, 2.24) is 0 Å². The Morgan fingerprint density at radius 2 is 1.81 bits per heavy atom. The molecule has 1 aliphatic rings. The molecule has 6 nitrogen and oxygen atoms in total. The summed E-state index contributed by atoms with van der Waals surface area (Å²) in [5.74, 6) is 0. The predicted octanol–water partition coefficient (Wildman–Crippen LogP) is -0.748. The minimum Gasteiger partial charge on any atom is -0.394 e. The maximum atomic E-state index is 11.0. The van der Waals surface area contributed by atoms with Crippen LogP contribution in [0.5, 0.6) is 0 Å². The van der Waals surface area contributed by atoms with Crippen molar-refractivity contribution in [3.05, 3.63) is 48.0 Å². The van der Waals surface area contributed by atoms with Crippen molar-refractivity contribution in [2.75, 3.05) is 6.61 Å². The Morgan fingerprint density at radius 1 is 1.19 bits per heavy atom. The van der Waals surface area contributed by atoms with Crippen LogP contribution in [0.3, 0.4) is 0 Å². The molecular formula is C15H20O6. The van der Waals surface area contributed by atoms with Gasteiger partial charge in [0.25, 0.3) is 0 Å². The van der Waals surface area contributed by atoms with Crippen molar-refractivity contribution in [1.29, 1.82) is 0 Å². The highest BCUT2D eigenvalue weighted by atomic mass is 16.6. The van der Waals surface area contributed by atoms with Crippen LogP contribution in [-0.4, -0.2) is 56.2 Å². The Kier molecular flexibility index (Phi) is 4.48. The molecule has 21 heavy (non-hydrogen) atoms. The lowest BCUT2D eigenvalue weighted by Crippen LogP contribution is -2.71. The van der Waals surface area contributed by atoms with Gasteiger partial charge in [-0.05, 0) is 18.6 Å². The van der Waals surface area contributed by atoms with Gasteiger partial charge in [0.05, 0.1) is 6.61 Å². The van der Waals surface area contributed by atoms with Crippen LogP contribution in [0.2, 0.25) is 0 Å². The SMILES string of the molecule is CC=C[C@]1(O)[C@H](O)O[C@H](CO)[C@@H](O)[C@@]1(O)c1ccccc1. The molecule has 0 spiro atoms. The molecule has 0 radical (unpaired) electrons. The first-order valence-corrected chi connectivity index (χ1v) is 6.68. The lowest BCUT2D eigenvalue weighted by molar-refractivity contribution is -0.355. The molecule has 1 heterocycles. The maximum absolute atomic E-state index is 11.0. The largest absolute Gasteiger partial charge is 0.394 e. The Labute approximate surface area is 122 Å². The normalized spacial score (nSPS) is 40.6. The summed E-state index contributed by atoms with van der Waals surface area (Å²) >= 11 is 0. The number of rotatable bonds is 3. The van der Waals surface area contributed by atoms with E-state index in [1.807, 2.05) is 0 Å². The van der Waals surface area contributed by atoms with Crippen LogP contribution in [-0.2, 0) is 10.3 Å². The second kappa shape index (κ2) is 5.84. The van der Waals surface area contributed by atoms with Crippen molar-refractivity contribution in [2.45, 2.75) is 36.6 Å². The fourth-order valence-corrected chi connectivity index (χ4v) is 2.74. The summed E-state index contributed by atoms with van der Waals surface area (Å²) in [6, 6.07) is 8.01. The van der Waals surface area contributed by atoms with Gasteiger partial charge in [0.15, 0.2) is 17.5 Å². The fourth-order valence-electron chi connectivity index (χ4n) is 2.74. The number of hydrogen-bond donors (Lipinski definition) is 5. The van der Waals surface area contributed by atoms with Gasteiger partial charge in [-0.15, -0.1) is 0 Å². The first-order valence-electron chi connectivity index (χ1n) is 6.68. The first-order chi connectivity index (χ1) is 9.91. The van der Waals surface area contributed by atoms with Crippen molar-refractivity contribution in [3.8, 4) is 0 Å². The van der Waals surface area contributed by atoms with Gasteiger partial charge in [0.1, 0.15) is 12.2 Å². The lowest BCUT2D eigenvalue weighted by Gasteiger charge is -2.52. The summed E-state index contributed by atoms with van der Waals surface area (Å²) in [6.45, 7) is 0.986. The average Bonchev–Trinajstić information content (AvgIpc) is 2.50. The molecule has 6 heteroatoms. The standard InChI is InChI=1S/C15H20O6/c1-2-8-14(19)13(18)21-11(9-16)12(17)15(14,20)10-6-4-3-5-7-10/h2-8,11-13,16-20H,9H2,1H3/t11-,12-,13-,14+,15+/m1/s1. The average molecular weight is 296 g/mol. The fraction of sp³-hybridized carbons (Fsp3) is 0.467. The molecule has 0 amide bonds. The van der Waals surface area contributed by atoms with Crippen molar-refractivity contribution in [3.63, 3.8) is 0 Å². The lowest BCUT2D eigenvalue weighted by atomic mass is 9.69. The number of aliphatic hydroxyl groups is 5. The summed E-state index contributed by atoms with van der Waals surface area (Å²) in [6.07, 6.45) is -2.06. The molecule has 1 fully saturated rings. The number of allylic oxidation sites excluding steroid dienone is 1.